The molecule has 0 fully saturated rings. The molecular weight excluding hydrogens is 264 g/mol. The van der Waals surface area contributed by atoms with Gasteiger partial charge in [0.05, 0.1) is 0 Å². The van der Waals surface area contributed by atoms with E-state index in [9.17, 15) is 4.79 Å². The molecule has 0 aliphatic heterocycles. The first-order valence-corrected chi connectivity index (χ1v) is 7.73. The first-order chi connectivity index (χ1) is 10.1. The third-order valence-electron chi connectivity index (χ3n) is 3.16. The third-order valence-corrected chi connectivity index (χ3v) is 3.16. The number of ether oxygens (including phenoxy) is 1. The highest BCUT2D eigenvalue weighted by Crippen LogP contribution is 2.02. The lowest BCUT2D eigenvalue weighted by Gasteiger charge is -2.14. The van der Waals surface area contributed by atoms with Gasteiger partial charge in [0.1, 0.15) is 6.61 Å². The summed E-state index contributed by atoms with van der Waals surface area (Å²) < 4.78 is 5.16. The van der Waals surface area contributed by atoms with Crippen LogP contribution in [0.3, 0.4) is 0 Å². The van der Waals surface area contributed by atoms with Crippen LogP contribution < -0.4 is 10.6 Å². The van der Waals surface area contributed by atoms with Crippen molar-refractivity contribution in [2.24, 2.45) is 11.8 Å². The van der Waals surface area contributed by atoms with Crippen LogP contribution in [0.5, 0.6) is 0 Å². The molecule has 0 heterocycles. The number of hydrogen-bond acceptors (Lipinski definition) is 3. The number of benzene rings is 1. The molecule has 2 N–H and O–H groups in total. The smallest absolute Gasteiger partial charge is 0.407 e. The molecule has 1 rings (SSSR count). The van der Waals surface area contributed by atoms with Gasteiger partial charge in [-0.1, -0.05) is 51.1 Å². The van der Waals surface area contributed by atoms with Crippen LogP contribution in [-0.4, -0.2) is 25.7 Å². The number of amides is 1. The molecule has 0 aliphatic carbocycles. The van der Waals surface area contributed by atoms with E-state index in [-0.39, 0.29) is 6.09 Å². The van der Waals surface area contributed by atoms with E-state index in [1.807, 2.05) is 30.3 Å². The van der Waals surface area contributed by atoms with Crippen LogP contribution in [0.4, 0.5) is 4.79 Å². The zero-order valence-electron chi connectivity index (χ0n) is 13.4. The normalized spacial score (nSPS) is 12.2. The number of hydrogen-bond donors (Lipinski definition) is 2. The Hall–Kier alpha value is -1.55. The minimum atomic E-state index is -0.346. The Balaban J connectivity index is 2.05. The Morgan fingerprint density at radius 1 is 1.14 bits per heavy atom. The van der Waals surface area contributed by atoms with Crippen LogP contribution in [-0.2, 0) is 11.3 Å². The molecule has 0 saturated carbocycles. The molecular formula is C17H28N2O2. The van der Waals surface area contributed by atoms with Gasteiger partial charge in [-0.25, -0.2) is 4.79 Å². The third kappa shape index (κ3) is 9.08. The Labute approximate surface area is 128 Å². The summed E-state index contributed by atoms with van der Waals surface area (Å²) in [4.78, 5) is 11.6. The highest BCUT2D eigenvalue weighted by Gasteiger charge is 2.05. The topological polar surface area (TPSA) is 50.4 Å². The van der Waals surface area contributed by atoms with Crippen LogP contribution >= 0.6 is 0 Å². The molecule has 0 unspecified atom stereocenters. The van der Waals surface area contributed by atoms with E-state index in [0.29, 0.717) is 25.0 Å². The number of carbonyl (C=O) groups is 1. The van der Waals surface area contributed by atoms with Crippen molar-refractivity contribution in [3.63, 3.8) is 0 Å². The van der Waals surface area contributed by atoms with Crippen LogP contribution in [0, 0.1) is 11.8 Å². The van der Waals surface area contributed by atoms with Gasteiger partial charge in [-0.15, -0.1) is 0 Å². The second kappa shape index (κ2) is 10.2. The lowest BCUT2D eigenvalue weighted by atomic mass is 10.1. The largest absolute Gasteiger partial charge is 0.445 e. The minimum Gasteiger partial charge on any atom is -0.445 e. The van der Waals surface area contributed by atoms with Gasteiger partial charge in [0.2, 0.25) is 0 Å². The zero-order valence-corrected chi connectivity index (χ0v) is 13.4. The van der Waals surface area contributed by atoms with Gasteiger partial charge in [0.25, 0.3) is 0 Å². The summed E-state index contributed by atoms with van der Waals surface area (Å²) in [5.74, 6) is 1.21. The average Bonchev–Trinajstić information content (AvgIpc) is 2.46. The summed E-state index contributed by atoms with van der Waals surface area (Å²) in [5, 5.41) is 6.22. The molecule has 4 nitrogen and oxygen atoms in total. The molecule has 0 spiro atoms. The van der Waals surface area contributed by atoms with E-state index in [0.717, 1.165) is 25.1 Å². The second-order valence-corrected chi connectivity index (χ2v) is 5.93. The summed E-state index contributed by atoms with van der Waals surface area (Å²) in [6, 6.07) is 9.69. The summed E-state index contributed by atoms with van der Waals surface area (Å²) in [7, 11) is 0. The molecule has 118 valence electrons. The maximum atomic E-state index is 11.6. The van der Waals surface area contributed by atoms with Gasteiger partial charge in [0, 0.05) is 6.54 Å². The summed E-state index contributed by atoms with van der Waals surface area (Å²) in [6.45, 7) is 9.57. The average molecular weight is 292 g/mol. The quantitative estimate of drug-likeness (QED) is 0.735. The Morgan fingerprint density at radius 2 is 1.86 bits per heavy atom. The first kappa shape index (κ1) is 17.5. The lowest BCUT2D eigenvalue weighted by Crippen LogP contribution is -2.30. The van der Waals surface area contributed by atoms with E-state index >= 15 is 0 Å². The maximum Gasteiger partial charge on any atom is 0.407 e. The fraction of sp³-hybridized carbons (Fsp3) is 0.588. The molecule has 21 heavy (non-hydrogen) atoms. The minimum absolute atomic E-state index is 0.318. The van der Waals surface area contributed by atoms with Crippen molar-refractivity contribution >= 4 is 6.09 Å². The van der Waals surface area contributed by atoms with Gasteiger partial charge in [-0.2, -0.15) is 0 Å². The van der Waals surface area contributed by atoms with E-state index in [1.165, 1.54) is 0 Å². The van der Waals surface area contributed by atoms with Crippen LogP contribution in [0.1, 0.15) is 32.8 Å². The molecule has 0 bridgehead atoms. The van der Waals surface area contributed by atoms with Gasteiger partial charge >= 0.3 is 6.09 Å². The maximum absolute atomic E-state index is 11.6. The predicted molar refractivity (Wildman–Crippen MR) is 86.1 cm³/mol. The van der Waals surface area contributed by atoms with Crippen molar-refractivity contribution in [1.29, 1.82) is 0 Å². The molecule has 1 amide bonds. The zero-order chi connectivity index (χ0) is 15.5. The van der Waals surface area contributed by atoms with Crippen molar-refractivity contribution in [2.75, 3.05) is 19.6 Å². The van der Waals surface area contributed by atoms with E-state index < -0.39 is 0 Å². The van der Waals surface area contributed by atoms with Gasteiger partial charge in [0.15, 0.2) is 0 Å². The molecule has 0 aromatic heterocycles. The number of rotatable bonds is 9. The number of alkyl carbamates (subject to hydrolysis) is 1. The van der Waals surface area contributed by atoms with E-state index in [4.69, 9.17) is 4.74 Å². The molecule has 1 aromatic carbocycles. The first-order valence-electron chi connectivity index (χ1n) is 7.73. The Morgan fingerprint density at radius 3 is 2.52 bits per heavy atom. The van der Waals surface area contributed by atoms with Crippen molar-refractivity contribution in [2.45, 2.75) is 33.8 Å². The standard InChI is InChI=1S/C17H28N2O2/c1-14(2)11-18-12-15(3)9-10-19-17(20)21-13-16-7-5-4-6-8-16/h4-8,14-15,18H,9-13H2,1-3H3,(H,19,20)/t15-/m1/s1. The van der Waals surface area contributed by atoms with Crippen molar-refractivity contribution in [1.82, 2.24) is 10.6 Å². The number of nitrogens with one attached hydrogen (secondary N) is 2. The van der Waals surface area contributed by atoms with Crippen LogP contribution in [0.2, 0.25) is 0 Å². The van der Waals surface area contributed by atoms with Gasteiger partial charge in [-0.05, 0) is 36.9 Å². The monoisotopic (exact) mass is 292 g/mol. The van der Waals surface area contributed by atoms with Crippen molar-refractivity contribution in [3.05, 3.63) is 35.9 Å². The molecule has 1 aromatic rings. The summed E-state index contributed by atoms with van der Waals surface area (Å²) in [5.41, 5.74) is 0.999. The lowest BCUT2D eigenvalue weighted by molar-refractivity contribution is 0.139. The van der Waals surface area contributed by atoms with Crippen LogP contribution in [0.15, 0.2) is 30.3 Å². The summed E-state index contributed by atoms with van der Waals surface area (Å²) in [6.07, 6.45) is 0.604. The highest BCUT2D eigenvalue weighted by atomic mass is 16.5. The Kier molecular flexibility index (Phi) is 8.51. The molecule has 0 saturated heterocycles. The molecule has 0 radical (unpaired) electrons. The Bertz CT molecular complexity index is 393. The highest BCUT2D eigenvalue weighted by molar-refractivity contribution is 5.67. The molecule has 1 atom stereocenters. The fourth-order valence-corrected chi connectivity index (χ4v) is 1.92. The fourth-order valence-electron chi connectivity index (χ4n) is 1.92. The molecule has 4 heteroatoms. The molecule has 0 aliphatic rings. The number of carbonyl (C=O) groups excluding carboxylic acids is 1. The second-order valence-electron chi connectivity index (χ2n) is 5.93. The SMILES string of the molecule is CC(C)CNC[C@H](C)CCNC(=O)OCc1ccccc1. The van der Waals surface area contributed by atoms with Crippen LogP contribution in [0.25, 0.3) is 0 Å². The van der Waals surface area contributed by atoms with Crippen molar-refractivity contribution < 1.29 is 9.53 Å². The van der Waals surface area contributed by atoms with E-state index in [2.05, 4.69) is 31.4 Å². The van der Waals surface area contributed by atoms with E-state index in [1.54, 1.807) is 0 Å². The van der Waals surface area contributed by atoms with Gasteiger partial charge < -0.3 is 15.4 Å². The predicted octanol–water partition coefficient (Wildman–Crippen LogP) is 3.18. The summed E-state index contributed by atoms with van der Waals surface area (Å²) >= 11 is 0. The van der Waals surface area contributed by atoms with Crippen molar-refractivity contribution in [3.8, 4) is 0 Å². The van der Waals surface area contributed by atoms with Gasteiger partial charge in [-0.3, -0.25) is 0 Å².